The molecule has 126 valence electrons. The number of benzene rings is 2. The molecule has 0 N–H and O–H groups in total. The smallest absolute Gasteiger partial charge is 0.275 e. The van der Waals surface area contributed by atoms with Crippen LogP contribution in [0, 0.1) is 5.82 Å². The fraction of sp³-hybridized carbons (Fsp3) is 0. The molecule has 26 heavy (non-hydrogen) atoms. The van der Waals surface area contributed by atoms with Gasteiger partial charge in [0.25, 0.3) is 5.56 Å². The molecule has 0 bridgehead atoms. The van der Waals surface area contributed by atoms with E-state index < -0.39 is 0 Å². The predicted octanol–water partition coefficient (Wildman–Crippen LogP) is 3.86. The third kappa shape index (κ3) is 2.34. The lowest BCUT2D eigenvalue weighted by Gasteiger charge is -1.96. The summed E-state index contributed by atoms with van der Waals surface area (Å²) in [5, 5.41) is 0. The van der Waals surface area contributed by atoms with Crippen LogP contribution in [0.25, 0.3) is 33.4 Å². The van der Waals surface area contributed by atoms with Crippen molar-refractivity contribution in [2.75, 3.05) is 0 Å². The second-order valence-corrected chi connectivity index (χ2v) is 6.86. The minimum atomic E-state index is -0.322. The molecule has 5 rings (SSSR count). The van der Waals surface area contributed by atoms with Crippen LogP contribution < -0.4 is 10.1 Å². The van der Waals surface area contributed by atoms with E-state index in [9.17, 15) is 9.18 Å². The first kappa shape index (κ1) is 15.0. The maximum Gasteiger partial charge on any atom is 0.275 e. The normalized spacial score (nSPS) is 12.4. The van der Waals surface area contributed by atoms with Crippen LogP contribution in [0.15, 0.2) is 69.9 Å². The Hall–Kier alpha value is -3.25. The first-order valence-electron chi connectivity index (χ1n) is 7.96. The fourth-order valence-electron chi connectivity index (χ4n) is 2.97. The molecule has 0 amide bonds. The second-order valence-electron chi connectivity index (χ2n) is 5.85. The van der Waals surface area contributed by atoms with E-state index in [1.165, 1.54) is 23.5 Å². The highest BCUT2D eigenvalue weighted by Crippen LogP contribution is 2.23. The van der Waals surface area contributed by atoms with Gasteiger partial charge in [-0.15, -0.1) is 0 Å². The number of imidazole rings is 1. The number of halogens is 1. The van der Waals surface area contributed by atoms with E-state index in [0.717, 1.165) is 11.0 Å². The van der Waals surface area contributed by atoms with Gasteiger partial charge in [0.2, 0.25) is 0 Å². The van der Waals surface area contributed by atoms with Gasteiger partial charge in [-0.1, -0.05) is 35.6 Å². The number of furan rings is 1. The van der Waals surface area contributed by atoms with Crippen molar-refractivity contribution in [3.05, 3.63) is 87.1 Å². The van der Waals surface area contributed by atoms with Crippen molar-refractivity contribution in [3.8, 4) is 11.3 Å². The zero-order valence-electron chi connectivity index (χ0n) is 13.3. The monoisotopic (exact) mass is 362 g/mol. The maximum atomic E-state index is 13.4. The Balaban J connectivity index is 1.63. The highest BCUT2D eigenvalue weighted by atomic mass is 32.1. The summed E-state index contributed by atoms with van der Waals surface area (Å²) in [5.41, 5.74) is 2.12. The summed E-state index contributed by atoms with van der Waals surface area (Å²) in [4.78, 5) is 17.9. The van der Waals surface area contributed by atoms with E-state index in [1.807, 2.05) is 24.3 Å². The van der Waals surface area contributed by atoms with Crippen LogP contribution in [0.3, 0.4) is 0 Å². The topological polar surface area (TPSA) is 47.5 Å². The van der Waals surface area contributed by atoms with Crippen molar-refractivity contribution in [1.29, 1.82) is 0 Å². The van der Waals surface area contributed by atoms with E-state index in [2.05, 4.69) is 4.98 Å². The first-order valence-corrected chi connectivity index (χ1v) is 8.78. The quantitative estimate of drug-likeness (QED) is 0.479. The van der Waals surface area contributed by atoms with Crippen molar-refractivity contribution in [2.24, 2.45) is 0 Å². The van der Waals surface area contributed by atoms with Gasteiger partial charge in [0.05, 0.1) is 11.0 Å². The summed E-state index contributed by atoms with van der Waals surface area (Å²) in [6.45, 7) is 0. The number of thiazole rings is 1. The minimum Gasteiger partial charge on any atom is -0.457 e. The fourth-order valence-corrected chi connectivity index (χ4v) is 3.94. The molecule has 0 aliphatic carbocycles. The average Bonchev–Trinajstić information content (AvgIpc) is 3.31. The number of nitrogens with zero attached hydrogens (tertiary/aromatic N) is 2. The van der Waals surface area contributed by atoms with E-state index in [-0.39, 0.29) is 11.4 Å². The van der Waals surface area contributed by atoms with Crippen molar-refractivity contribution >= 4 is 33.4 Å². The molecule has 0 saturated carbocycles. The average molecular weight is 362 g/mol. The molecule has 0 aliphatic rings. The maximum absolute atomic E-state index is 13.4. The molecule has 0 atom stereocenters. The number of aromatic nitrogens is 2. The summed E-state index contributed by atoms with van der Waals surface area (Å²) in [6, 6.07) is 17.3. The van der Waals surface area contributed by atoms with Crippen LogP contribution in [-0.2, 0) is 0 Å². The molecule has 0 unspecified atom stereocenters. The molecule has 6 heteroatoms. The number of hydrogen-bond donors (Lipinski definition) is 0. The number of fused-ring (bicyclic) bond motifs is 3. The van der Waals surface area contributed by atoms with Crippen molar-refractivity contribution < 1.29 is 8.81 Å². The third-order valence-electron chi connectivity index (χ3n) is 4.15. The molecule has 5 aromatic rings. The van der Waals surface area contributed by atoms with Crippen LogP contribution in [0.5, 0.6) is 0 Å². The van der Waals surface area contributed by atoms with Gasteiger partial charge in [-0.05, 0) is 36.4 Å². The van der Waals surface area contributed by atoms with Gasteiger partial charge >= 0.3 is 0 Å². The summed E-state index contributed by atoms with van der Waals surface area (Å²) >= 11 is 1.32. The molecule has 3 heterocycles. The molecule has 2 aromatic carbocycles. The van der Waals surface area contributed by atoms with Crippen LogP contribution in [0.1, 0.15) is 5.76 Å². The Morgan fingerprint density at radius 2 is 1.96 bits per heavy atom. The Morgan fingerprint density at radius 3 is 2.85 bits per heavy atom. The van der Waals surface area contributed by atoms with Crippen LogP contribution in [-0.4, -0.2) is 9.38 Å². The Labute approximate surface area is 150 Å². The SMILES string of the molecule is O=c1/c(=C/c2ccc(-c3cccc(F)c3)o2)sc2nc3ccccc3n12. The van der Waals surface area contributed by atoms with E-state index in [4.69, 9.17) is 4.42 Å². The molecular weight excluding hydrogens is 351 g/mol. The van der Waals surface area contributed by atoms with Gasteiger partial charge in [-0.3, -0.25) is 4.79 Å². The van der Waals surface area contributed by atoms with Crippen LogP contribution >= 0.6 is 11.3 Å². The first-order chi connectivity index (χ1) is 12.7. The summed E-state index contributed by atoms with van der Waals surface area (Å²) in [6.07, 6.45) is 1.69. The van der Waals surface area contributed by atoms with Gasteiger partial charge in [-0.2, -0.15) is 0 Å². The zero-order valence-corrected chi connectivity index (χ0v) is 14.2. The lowest BCUT2D eigenvalue weighted by Crippen LogP contribution is -2.22. The number of para-hydroxylation sites is 2. The molecule has 0 saturated heterocycles. The summed E-state index contributed by atoms with van der Waals surface area (Å²) in [5.74, 6) is 0.766. The number of rotatable bonds is 2. The Kier molecular flexibility index (Phi) is 3.26. The van der Waals surface area contributed by atoms with Gasteiger partial charge in [-0.25, -0.2) is 13.8 Å². The highest BCUT2D eigenvalue weighted by molar-refractivity contribution is 7.15. The summed E-state index contributed by atoms with van der Waals surface area (Å²) < 4.78 is 21.3. The van der Waals surface area contributed by atoms with Gasteiger partial charge < -0.3 is 4.42 Å². The molecule has 4 nitrogen and oxygen atoms in total. The molecule has 3 aromatic heterocycles. The standard InChI is InChI=1S/C20H11FN2O2S/c21-13-5-3-4-12(10-13)17-9-8-14(25-17)11-18-19(24)23-16-7-2-1-6-15(16)22-20(23)26-18/h1-11H/b18-11-. The van der Waals surface area contributed by atoms with Crippen LogP contribution in [0.4, 0.5) is 4.39 Å². The van der Waals surface area contributed by atoms with Crippen molar-refractivity contribution in [2.45, 2.75) is 0 Å². The third-order valence-corrected chi connectivity index (χ3v) is 5.12. The lowest BCUT2D eigenvalue weighted by molar-refractivity contribution is 0.569. The van der Waals surface area contributed by atoms with Crippen LogP contribution in [0.2, 0.25) is 0 Å². The minimum absolute atomic E-state index is 0.123. The van der Waals surface area contributed by atoms with Gasteiger partial charge in [0.15, 0.2) is 4.96 Å². The van der Waals surface area contributed by atoms with E-state index in [0.29, 0.717) is 26.6 Å². The molecule has 0 spiro atoms. The molecular formula is C20H11FN2O2S. The predicted molar refractivity (Wildman–Crippen MR) is 99.7 cm³/mol. The summed E-state index contributed by atoms with van der Waals surface area (Å²) in [7, 11) is 0. The number of hydrogen-bond acceptors (Lipinski definition) is 4. The van der Waals surface area contributed by atoms with E-state index >= 15 is 0 Å². The van der Waals surface area contributed by atoms with E-state index in [1.54, 1.807) is 34.7 Å². The Morgan fingerprint density at radius 1 is 1.08 bits per heavy atom. The lowest BCUT2D eigenvalue weighted by atomic mass is 10.2. The molecule has 0 radical (unpaired) electrons. The molecule has 0 aliphatic heterocycles. The van der Waals surface area contributed by atoms with Gasteiger partial charge in [0.1, 0.15) is 21.9 Å². The largest absolute Gasteiger partial charge is 0.457 e. The zero-order chi connectivity index (χ0) is 17.7. The Bertz CT molecular complexity index is 1380. The van der Waals surface area contributed by atoms with Crippen molar-refractivity contribution in [1.82, 2.24) is 9.38 Å². The van der Waals surface area contributed by atoms with Crippen molar-refractivity contribution in [3.63, 3.8) is 0 Å². The highest BCUT2D eigenvalue weighted by Gasteiger charge is 2.11. The van der Waals surface area contributed by atoms with Gasteiger partial charge in [0, 0.05) is 11.6 Å². The molecule has 0 fully saturated rings. The second kappa shape index (κ2) is 5.64.